The van der Waals surface area contributed by atoms with Crippen LogP contribution in [0.3, 0.4) is 0 Å². The predicted octanol–water partition coefficient (Wildman–Crippen LogP) is 1.82. The van der Waals surface area contributed by atoms with Gasteiger partial charge in [-0.05, 0) is 48.9 Å². The molecular formula is C16H18FNO4. The Morgan fingerprint density at radius 2 is 1.91 bits per heavy atom. The Morgan fingerprint density at radius 3 is 2.50 bits per heavy atom. The fraction of sp³-hybridized carbons (Fsp3) is 0.500. The molecule has 5 nitrogen and oxygen atoms in total. The molecule has 2 fully saturated rings. The molecule has 22 heavy (non-hydrogen) atoms. The van der Waals surface area contributed by atoms with E-state index >= 15 is 0 Å². The summed E-state index contributed by atoms with van der Waals surface area (Å²) in [7, 11) is 0. The van der Waals surface area contributed by atoms with E-state index in [1.807, 2.05) is 0 Å². The maximum Gasteiger partial charge on any atom is 0.346 e. The van der Waals surface area contributed by atoms with Gasteiger partial charge < -0.3 is 15.2 Å². The minimum absolute atomic E-state index is 0.0500. The molecule has 0 aliphatic heterocycles. The number of ether oxygens (including phenoxy) is 1. The molecule has 3 atom stereocenters. The standard InChI is InChI=1S/C16H18FNO4/c17-9-4-6-10(7-5-9)22-13(16(20)21)8-18-15(19)14-11-2-1-3-12(11)14/h4-7,11-14H,1-3,8H2,(H,18,19)(H,20,21). The van der Waals surface area contributed by atoms with Crippen molar-refractivity contribution in [2.24, 2.45) is 17.8 Å². The van der Waals surface area contributed by atoms with Crippen LogP contribution in [-0.4, -0.2) is 29.6 Å². The van der Waals surface area contributed by atoms with Crippen LogP contribution in [0.25, 0.3) is 0 Å². The first-order valence-electron chi connectivity index (χ1n) is 7.49. The number of fused-ring (bicyclic) bond motifs is 1. The molecule has 6 heteroatoms. The second-order valence-corrected chi connectivity index (χ2v) is 5.93. The summed E-state index contributed by atoms with van der Waals surface area (Å²) in [5, 5.41) is 11.8. The van der Waals surface area contributed by atoms with Crippen LogP contribution in [0.4, 0.5) is 4.39 Å². The number of carboxylic acids is 1. The molecular weight excluding hydrogens is 289 g/mol. The Labute approximate surface area is 127 Å². The number of aliphatic carboxylic acids is 1. The number of halogens is 1. The lowest BCUT2D eigenvalue weighted by atomic mass is 10.1. The molecule has 1 aromatic carbocycles. The van der Waals surface area contributed by atoms with Gasteiger partial charge in [-0.15, -0.1) is 0 Å². The van der Waals surface area contributed by atoms with Gasteiger partial charge in [0.05, 0.1) is 6.54 Å². The Morgan fingerprint density at radius 1 is 1.27 bits per heavy atom. The molecule has 0 heterocycles. The van der Waals surface area contributed by atoms with Gasteiger partial charge in [-0.25, -0.2) is 9.18 Å². The smallest absolute Gasteiger partial charge is 0.346 e. The van der Waals surface area contributed by atoms with Crippen LogP contribution >= 0.6 is 0 Å². The first-order chi connectivity index (χ1) is 10.6. The fourth-order valence-electron chi connectivity index (χ4n) is 3.38. The Bertz CT molecular complexity index is 564. The lowest BCUT2D eigenvalue weighted by Gasteiger charge is -2.16. The number of hydrogen-bond donors (Lipinski definition) is 2. The quantitative estimate of drug-likeness (QED) is 0.840. The van der Waals surface area contributed by atoms with Gasteiger partial charge in [-0.1, -0.05) is 6.42 Å². The molecule has 0 bridgehead atoms. The summed E-state index contributed by atoms with van der Waals surface area (Å²) in [4.78, 5) is 23.2. The van der Waals surface area contributed by atoms with Gasteiger partial charge in [-0.2, -0.15) is 0 Å². The largest absolute Gasteiger partial charge is 0.478 e. The number of carbonyl (C=O) groups is 2. The number of hydrogen-bond acceptors (Lipinski definition) is 3. The van der Waals surface area contributed by atoms with Crippen molar-refractivity contribution in [1.29, 1.82) is 0 Å². The van der Waals surface area contributed by atoms with E-state index in [4.69, 9.17) is 9.84 Å². The third-order valence-corrected chi connectivity index (χ3v) is 4.54. The molecule has 1 amide bonds. The average Bonchev–Trinajstić information content (AvgIpc) is 2.97. The molecule has 118 valence electrons. The van der Waals surface area contributed by atoms with Crippen LogP contribution in [0.1, 0.15) is 19.3 Å². The topological polar surface area (TPSA) is 75.6 Å². The van der Waals surface area contributed by atoms with Crippen molar-refractivity contribution < 1.29 is 23.8 Å². The van der Waals surface area contributed by atoms with Crippen LogP contribution in [0, 0.1) is 23.6 Å². The molecule has 3 rings (SSSR count). The number of carboxylic acid groups (broad SMARTS) is 1. The summed E-state index contributed by atoms with van der Waals surface area (Å²) < 4.78 is 18.1. The van der Waals surface area contributed by atoms with Gasteiger partial charge in [0.1, 0.15) is 11.6 Å². The molecule has 0 saturated heterocycles. The average molecular weight is 307 g/mol. The van der Waals surface area contributed by atoms with Crippen LogP contribution in [-0.2, 0) is 9.59 Å². The van der Waals surface area contributed by atoms with Crippen LogP contribution in [0.2, 0.25) is 0 Å². The molecule has 0 radical (unpaired) electrons. The number of benzene rings is 1. The van der Waals surface area contributed by atoms with Crippen molar-refractivity contribution in [2.75, 3.05) is 6.54 Å². The Kier molecular flexibility index (Phi) is 4.00. The number of amides is 1. The Hall–Kier alpha value is -2.11. The van der Waals surface area contributed by atoms with Crippen molar-refractivity contribution in [1.82, 2.24) is 5.32 Å². The predicted molar refractivity (Wildman–Crippen MR) is 75.8 cm³/mol. The third kappa shape index (κ3) is 3.05. The SMILES string of the molecule is O=C(O)C(CNC(=O)C1C2CCCC21)Oc1ccc(F)cc1. The zero-order chi connectivity index (χ0) is 15.7. The zero-order valence-corrected chi connectivity index (χ0v) is 12.0. The van der Waals surface area contributed by atoms with E-state index in [1.54, 1.807) is 0 Å². The van der Waals surface area contributed by atoms with Crippen LogP contribution < -0.4 is 10.1 Å². The van der Waals surface area contributed by atoms with E-state index in [2.05, 4.69) is 5.32 Å². The fourth-order valence-corrected chi connectivity index (χ4v) is 3.38. The van der Waals surface area contributed by atoms with Gasteiger partial charge in [0.2, 0.25) is 12.0 Å². The van der Waals surface area contributed by atoms with Crippen LogP contribution in [0.5, 0.6) is 5.75 Å². The molecule has 2 aliphatic carbocycles. The van der Waals surface area contributed by atoms with Crippen molar-refractivity contribution in [3.8, 4) is 5.75 Å². The second kappa shape index (κ2) is 5.94. The number of carbonyl (C=O) groups excluding carboxylic acids is 1. The first-order valence-corrected chi connectivity index (χ1v) is 7.49. The van der Waals surface area contributed by atoms with Crippen molar-refractivity contribution >= 4 is 11.9 Å². The summed E-state index contributed by atoms with van der Waals surface area (Å²) in [6.07, 6.45) is 2.19. The maximum absolute atomic E-state index is 12.8. The van der Waals surface area contributed by atoms with E-state index in [0.29, 0.717) is 11.8 Å². The van der Waals surface area contributed by atoms with Gasteiger partial charge in [0.15, 0.2) is 0 Å². The molecule has 2 aliphatic rings. The molecule has 0 aromatic heterocycles. The van der Waals surface area contributed by atoms with E-state index in [-0.39, 0.29) is 24.1 Å². The second-order valence-electron chi connectivity index (χ2n) is 5.93. The van der Waals surface area contributed by atoms with Crippen LogP contribution in [0.15, 0.2) is 24.3 Å². The molecule has 0 spiro atoms. The molecule has 2 saturated carbocycles. The third-order valence-electron chi connectivity index (χ3n) is 4.54. The molecule has 1 aromatic rings. The summed E-state index contributed by atoms with van der Waals surface area (Å²) in [5.41, 5.74) is 0. The lowest BCUT2D eigenvalue weighted by Crippen LogP contribution is -2.41. The van der Waals surface area contributed by atoms with Crippen molar-refractivity contribution in [2.45, 2.75) is 25.4 Å². The van der Waals surface area contributed by atoms with Gasteiger partial charge in [-0.3, -0.25) is 4.79 Å². The summed E-state index contributed by atoms with van der Waals surface area (Å²) >= 11 is 0. The van der Waals surface area contributed by atoms with Gasteiger partial charge >= 0.3 is 5.97 Å². The van der Waals surface area contributed by atoms with E-state index < -0.39 is 17.9 Å². The first kappa shape index (κ1) is 14.8. The molecule has 3 unspecified atom stereocenters. The number of nitrogens with one attached hydrogen (secondary N) is 1. The highest BCUT2D eigenvalue weighted by Crippen LogP contribution is 2.57. The van der Waals surface area contributed by atoms with Gasteiger partial charge in [0.25, 0.3) is 0 Å². The van der Waals surface area contributed by atoms with Crippen molar-refractivity contribution in [3.63, 3.8) is 0 Å². The summed E-state index contributed by atoms with van der Waals surface area (Å²) in [5.74, 6) is -0.389. The minimum atomic E-state index is -1.19. The summed E-state index contributed by atoms with van der Waals surface area (Å²) in [6.45, 7) is -0.0958. The highest BCUT2D eigenvalue weighted by atomic mass is 19.1. The molecule has 2 N–H and O–H groups in total. The van der Waals surface area contributed by atoms with Crippen molar-refractivity contribution in [3.05, 3.63) is 30.1 Å². The summed E-state index contributed by atoms with van der Waals surface area (Å²) in [6, 6.07) is 5.10. The van der Waals surface area contributed by atoms with E-state index in [0.717, 1.165) is 12.8 Å². The highest BCUT2D eigenvalue weighted by molar-refractivity contribution is 5.83. The lowest BCUT2D eigenvalue weighted by molar-refractivity contribution is -0.145. The zero-order valence-electron chi connectivity index (χ0n) is 12.0. The van der Waals surface area contributed by atoms with Gasteiger partial charge in [0, 0.05) is 5.92 Å². The normalized spacial score (nSPS) is 26.9. The maximum atomic E-state index is 12.8. The number of rotatable bonds is 6. The van der Waals surface area contributed by atoms with E-state index in [9.17, 15) is 14.0 Å². The monoisotopic (exact) mass is 307 g/mol. The minimum Gasteiger partial charge on any atom is -0.478 e. The Balaban J connectivity index is 1.52. The highest BCUT2D eigenvalue weighted by Gasteiger charge is 2.56. The van der Waals surface area contributed by atoms with E-state index in [1.165, 1.54) is 30.7 Å².